The highest BCUT2D eigenvalue weighted by Gasteiger charge is 2.45. The summed E-state index contributed by atoms with van der Waals surface area (Å²) in [7, 11) is 3.62. The van der Waals surface area contributed by atoms with Gasteiger partial charge >= 0.3 is 0 Å². The fourth-order valence-electron chi connectivity index (χ4n) is 3.71. The zero-order chi connectivity index (χ0) is 13.9. The molecule has 0 bridgehead atoms. The lowest BCUT2D eigenvalue weighted by molar-refractivity contribution is -0.124. The fraction of sp³-hybridized carbons (Fsp3) is 0.929. The quantitative estimate of drug-likeness (QED) is 0.755. The molecule has 5 heteroatoms. The second-order valence-corrected chi connectivity index (χ2v) is 6.05. The van der Waals surface area contributed by atoms with E-state index in [-0.39, 0.29) is 5.91 Å². The molecule has 1 aliphatic carbocycles. The van der Waals surface area contributed by atoms with E-state index in [1.807, 2.05) is 7.05 Å². The molecule has 3 N–H and O–H groups in total. The first-order valence-electron chi connectivity index (χ1n) is 7.33. The van der Waals surface area contributed by atoms with Crippen LogP contribution in [0, 0.1) is 5.92 Å². The Bertz CT molecular complexity index is 322. The molecule has 1 amide bonds. The standard InChI is InChI=1S/C14H27N3O2/c1-16-14(13(15)18)6-5-12(8-14)17-7-3-4-11(9-17)10-19-2/h11-12,16H,3-10H2,1-2H3,(H2,15,18). The molecular weight excluding hydrogens is 242 g/mol. The van der Waals surface area contributed by atoms with Gasteiger partial charge in [0.2, 0.25) is 5.91 Å². The van der Waals surface area contributed by atoms with Gasteiger partial charge in [0.05, 0.1) is 12.1 Å². The molecule has 1 saturated carbocycles. The maximum absolute atomic E-state index is 11.7. The summed E-state index contributed by atoms with van der Waals surface area (Å²) in [4.78, 5) is 14.2. The van der Waals surface area contributed by atoms with Gasteiger partial charge in [-0.15, -0.1) is 0 Å². The lowest BCUT2D eigenvalue weighted by Gasteiger charge is -2.37. The summed E-state index contributed by atoms with van der Waals surface area (Å²) in [5, 5.41) is 3.16. The number of ether oxygens (including phenoxy) is 1. The van der Waals surface area contributed by atoms with Crippen LogP contribution in [-0.2, 0) is 9.53 Å². The second-order valence-electron chi connectivity index (χ2n) is 6.05. The minimum Gasteiger partial charge on any atom is -0.384 e. The number of nitrogens with zero attached hydrogens (tertiary/aromatic N) is 1. The summed E-state index contributed by atoms with van der Waals surface area (Å²) in [5.74, 6) is 0.430. The molecule has 0 aromatic carbocycles. The van der Waals surface area contributed by atoms with E-state index in [9.17, 15) is 4.79 Å². The molecular formula is C14H27N3O2. The van der Waals surface area contributed by atoms with Crippen molar-refractivity contribution in [3.8, 4) is 0 Å². The predicted octanol–water partition coefficient (Wildman–Crippen LogP) is 0.341. The number of nitrogens with two attached hydrogens (primary N) is 1. The minimum atomic E-state index is -0.487. The van der Waals surface area contributed by atoms with Crippen LogP contribution in [0.2, 0.25) is 0 Å². The van der Waals surface area contributed by atoms with Crippen molar-refractivity contribution in [3.05, 3.63) is 0 Å². The molecule has 0 aromatic heterocycles. The Morgan fingerprint density at radius 1 is 1.53 bits per heavy atom. The average Bonchev–Trinajstić information content (AvgIpc) is 2.85. The van der Waals surface area contributed by atoms with Gasteiger partial charge in [0.25, 0.3) is 0 Å². The Hall–Kier alpha value is -0.650. The number of likely N-dealkylation sites (N-methyl/N-ethyl adjacent to an activating group) is 1. The van der Waals surface area contributed by atoms with Gasteiger partial charge in [-0.25, -0.2) is 0 Å². The van der Waals surface area contributed by atoms with E-state index >= 15 is 0 Å². The fourth-order valence-corrected chi connectivity index (χ4v) is 3.71. The summed E-state index contributed by atoms with van der Waals surface area (Å²) in [6, 6.07) is 0.486. The number of hydrogen-bond donors (Lipinski definition) is 2. The second kappa shape index (κ2) is 6.20. The number of methoxy groups -OCH3 is 1. The molecule has 1 saturated heterocycles. The van der Waals surface area contributed by atoms with E-state index < -0.39 is 5.54 Å². The van der Waals surface area contributed by atoms with E-state index in [0.717, 1.165) is 39.0 Å². The van der Waals surface area contributed by atoms with Gasteiger partial charge < -0.3 is 15.8 Å². The minimum absolute atomic E-state index is 0.206. The number of carbonyl (C=O) groups excluding carboxylic acids is 1. The van der Waals surface area contributed by atoms with E-state index in [1.54, 1.807) is 7.11 Å². The van der Waals surface area contributed by atoms with Gasteiger partial charge in [0, 0.05) is 19.7 Å². The Labute approximate surface area is 115 Å². The van der Waals surface area contributed by atoms with Gasteiger partial charge in [-0.1, -0.05) is 0 Å². The number of hydrogen-bond acceptors (Lipinski definition) is 4. The lowest BCUT2D eigenvalue weighted by Crippen LogP contribution is -2.53. The zero-order valence-electron chi connectivity index (χ0n) is 12.2. The van der Waals surface area contributed by atoms with Gasteiger partial charge in [-0.3, -0.25) is 9.69 Å². The summed E-state index contributed by atoms with van der Waals surface area (Å²) >= 11 is 0. The highest BCUT2D eigenvalue weighted by molar-refractivity contribution is 5.85. The van der Waals surface area contributed by atoms with Crippen LogP contribution >= 0.6 is 0 Å². The van der Waals surface area contributed by atoms with Gasteiger partial charge in [0.1, 0.15) is 0 Å². The third kappa shape index (κ3) is 3.09. The Morgan fingerprint density at radius 3 is 2.89 bits per heavy atom. The maximum Gasteiger partial charge on any atom is 0.237 e. The summed E-state index contributed by atoms with van der Waals surface area (Å²) in [6.07, 6.45) is 5.24. The Balaban J connectivity index is 1.94. The van der Waals surface area contributed by atoms with Crippen molar-refractivity contribution in [1.82, 2.24) is 10.2 Å². The van der Waals surface area contributed by atoms with Crippen LogP contribution in [-0.4, -0.2) is 56.2 Å². The first-order valence-corrected chi connectivity index (χ1v) is 7.33. The predicted molar refractivity (Wildman–Crippen MR) is 74.8 cm³/mol. The molecule has 0 aromatic rings. The summed E-state index contributed by atoms with van der Waals surface area (Å²) < 4.78 is 5.28. The number of primary amides is 1. The number of nitrogens with one attached hydrogen (secondary N) is 1. The number of likely N-dealkylation sites (tertiary alicyclic amines) is 1. The molecule has 2 fully saturated rings. The topological polar surface area (TPSA) is 67.6 Å². The van der Waals surface area contributed by atoms with Crippen molar-refractivity contribution in [3.63, 3.8) is 0 Å². The molecule has 0 spiro atoms. The van der Waals surface area contributed by atoms with E-state index in [0.29, 0.717) is 12.0 Å². The van der Waals surface area contributed by atoms with Crippen LogP contribution in [0.1, 0.15) is 32.1 Å². The SMILES string of the molecule is CNC1(C(N)=O)CCC(N2CCCC(COC)C2)C1. The number of carbonyl (C=O) groups is 1. The lowest BCUT2D eigenvalue weighted by atomic mass is 9.94. The smallest absolute Gasteiger partial charge is 0.237 e. The molecule has 3 atom stereocenters. The third-order valence-corrected chi connectivity index (χ3v) is 4.91. The molecule has 1 aliphatic heterocycles. The molecule has 5 nitrogen and oxygen atoms in total. The van der Waals surface area contributed by atoms with Crippen LogP contribution in [0.15, 0.2) is 0 Å². The van der Waals surface area contributed by atoms with Crippen molar-refractivity contribution in [1.29, 1.82) is 0 Å². The average molecular weight is 269 g/mol. The molecule has 110 valence electrons. The van der Waals surface area contributed by atoms with E-state index in [4.69, 9.17) is 10.5 Å². The van der Waals surface area contributed by atoms with Crippen LogP contribution in [0.4, 0.5) is 0 Å². The maximum atomic E-state index is 11.7. The molecule has 3 unspecified atom stereocenters. The summed E-state index contributed by atoms with van der Waals surface area (Å²) in [6.45, 7) is 3.08. The van der Waals surface area contributed by atoms with Crippen LogP contribution in [0.5, 0.6) is 0 Å². The zero-order valence-corrected chi connectivity index (χ0v) is 12.2. The highest BCUT2D eigenvalue weighted by Crippen LogP contribution is 2.34. The van der Waals surface area contributed by atoms with E-state index in [2.05, 4.69) is 10.2 Å². The Morgan fingerprint density at radius 2 is 2.32 bits per heavy atom. The first kappa shape index (κ1) is 14.8. The molecule has 2 rings (SSSR count). The largest absolute Gasteiger partial charge is 0.384 e. The molecule has 0 radical (unpaired) electrons. The molecule has 19 heavy (non-hydrogen) atoms. The monoisotopic (exact) mass is 269 g/mol. The molecule has 1 heterocycles. The summed E-state index contributed by atoms with van der Waals surface area (Å²) in [5.41, 5.74) is 5.08. The van der Waals surface area contributed by atoms with Crippen LogP contribution in [0.25, 0.3) is 0 Å². The van der Waals surface area contributed by atoms with Crippen LogP contribution in [0.3, 0.4) is 0 Å². The number of rotatable bonds is 5. The van der Waals surface area contributed by atoms with Crippen molar-refractivity contribution in [2.75, 3.05) is 33.9 Å². The van der Waals surface area contributed by atoms with Crippen LogP contribution < -0.4 is 11.1 Å². The number of amides is 1. The van der Waals surface area contributed by atoms with Crippen molar-refractivity contribution >= 4 is 5.91 Å². The molecule has 2 aliphatic rings. The Kier molecular flexibility index (Phi) is 4.81. The van der Waals surface area contributed by atoms with Gasteiger partial charge in [0.15, 0.2) is 0 Å². The normalized spacial score (nSPS) is 36.5. The van der Waals surface area contributed by atoms with Crippen molar-refractivity contribution in [2.45, 2.75) is 43.7 Å². The van der Waals surface area contributed by atoms with E-state index in [1.165, 1.54) is 12.8 Å². The third-order valence-electron chi connectivity index (χ3n) is 4.91. The number of piperidine rings is 1. The van der Waals surface area contributed by atoms with Gasteiger partial charge in [-0.2, -0.15) is 0 Å². The van der Waals surface area contributed by atoms with Crippen molar-refractivity contribution in [2.24, 2.45) is 11.7 Å². The highest BCUT2D eigenvalue weighted by atomic mass is 16.5. The van der Waals surface area contributed by atoms with Crippen molar-refractivity contribution < 1.29 is 9.53 Å². The first-order chi connectivity index (χ1) is 9.11. The van der Waals surface area contributed by atoms with Gasteiger partial charge in [-0.05, 0) is 51.6 Å².